The monoisotopic (exact) mass is 323 g/mol. The topological polar surface area (TPSA) is 66.8 Å². The third kappa shape index (κ3) is 3.68. The predicted octanol–water partition coefficient (Wildman–Crippen LogP) is 0.585. The fourth-order valence-corrected chi connectivity index (χ4v) is 6.04. The number of nitrogens with zero attached hydrogens (tertiary/aromatic N) is 1. The molecule has 7 heteroatoms. The molecule has 2 fully saturated rings. The van der Waals surface area contributed by atoms with Crippen LogP contribution in [0.25, 0.3) is 0 Å². The van der Waals surface area contributed by atoms with Gasteiger partial charge in [-0.05, 0) is 12.8 Å². The summed E-state index contributed by atoms with van der Waals surface area (Å²) in [5.41, 5.74) is -0.290. The normalized spacial score (nSPS) is 33.2. The van der Waals surface area contributed by atoms with Gasteiger partial charge in [0.25, 0.3) is 0 Å². The SMILES string of the molecule is CCS(=O)(=O)C1CSCCN1CC1(CO)CCCOC1. The van der Waals surface area contributed by atoms with E-state index in [0.717, 1.165) is 31.7 Å². The Bertz CT molecular complexity index is 407. The maximum absolute atomic E-state index is 12.3. The number of sulfone groups is 1. The number of hydrogen-bond acceptors (Lipinski definition) is 6. The standard InChI is InChI=1S/C13H25NO4S2/c1-2-20(16,17)12-8-19-7-5-14(12)9-13(10-15)4-3-6-18-11-13/h12,15H,2-11H2,1H3. The summed E-state index contributed by atoms with van der Waals surface area (Å²) in [5.74, 6) is 1.77. The van der Waals surface area contributed by atoms with Crippen molar-refractivity contribution in [2.75, 3.05) is 50.2 Å². The van der Waals surface area contributed by atoms with Gasteiger partial charge in [0, 0.05) is 42.4 Å². The van der Waals surface area contributed by atoms with E-state index in [1.54, 1.807) is 18.7 Å². The number of aliphatic hydroxyl groups is 1. The van der Waals surface area contributed by atoms with Crippen LogP contribution >= 0.6 is 11.8 Å². The zero-order valence-electron chi connectivity index (χ0n) is 12.1. The molecule has 0 amide bonds. The van der Waals surface area contributed by atoms with Crippen molar-refractivity contribution in [3.05, 3.63) is 0 Å². The van der Waals surface area contributed by atoms with E-state index < -0.39 is 15.2 Å². The minimum atomic E-state index is -3.07. The first kappa shape index (κ1) is 16.5. The summed E-state index contributed by atoms with van der Waals surface area (Å²) in [6.45, 7) is 4.44. The van der Waals surface area contributed by atoms with Crippen molar-refractivity contribution in [1.82, 2.24) is 4.90 Å². The van der Waals surface area contributed by atoms with Gasteiger partial charge in [-0.1, -0.05) is 6.92 Å². The zero-order valence-corrected chi connectivity index (χ0v) is 13.7. The van der Waals surface area contributed by atoms with Crippen LogP contribution < -0.4 is 0 Å². The maximum Gasteiger partial charge on any atom is 0.166 e. The molecule has 2 rings (SSSR count). The van der Waals surface area contributed by atoms with Crippen LogP contribution in [-0.2, 0) is 14.6 Å². The lowest BCUT2D eigenvalue weighted by molar-refractivity contribution is -0.0559. The largest absolute Gasteiger partial charge is 0.396 e. The van der Waals surface area contributed by atoms with Gasteiger partial charge in [-0.2, -0.15) is 11.8 Å². The van der Waals surface area contributed by atoms with Gasteiger partial charge in [-0.15, -0.1) is 0 Å². The first-order chi connectivity index (χ1) is 9.53. The zero-order chi connectivity index (χ0) is 14.6. The molecule has 1 N–H and O–H groups in total. The lowest BCUT2D eigenvalue weighted by atomic mass is 9.83. The summed E-state index contributed by atoms with van der Waals surface area (Å²) >= 11 is 1.70. The van der Waals surface area contributed by atoms with Crippen LogP contribution in [0.5, 0.6) is 0 Å². The second-order valence-corrected chi connectivity index (χ2v) is 9.36. The Morgan fingerprint density at radius 3 is 2.90 bits per heavy atom. The molecule has 2 aliphatic heterocycles. The summed E-state index contributed by atoms with van der Waals surface area (Å²) in [7, 11) is -3.07. The highest BCUT2D eigenvalue weighted by Gasteiger charge is 2.40. The fourth-order valence-electron chi connectivity index (χ4n) is 2.96. The van der Waals surface area contributed by atoms with E-state index in [1.807, 2.05) is 0 Å². The molecule has 0 spiro atoms. The number of hydrogen-bond donors (Lipinski definition) is 1. The third-order valence-corrected chi connectivity index (χ3v) is 7.62. The van der Waals surface area contributed by atoms with E-state index in [0.29, 0.717) is 18.9 Å². The number of aliphatic hydroxyl groups excluding tert-OH is 1. The van der Waals surface area contributed by atoms with Gasteiger partial charge in [0.1, 0.15) is 5.37 Å². The van der Waals surface area contributed by atoms with E-state index in [9.17, 15) is 13.5 Å². The number of ether oxygens (including phenoxy) is 1. The van der Waals surface area contributed by atoms with Gasteiger partial charge in [0.05, 0.1) is 13.2 Å². The average molecular weight is 323 g/mol. The van der Waals surface area contributed by atoms with E-state index in [-0.39, 0.29) is 17.8 Å². The predicted molar refractivity (Wildman–Crippen MR) is 81.7 cm³/mol. The molecule has 20 heavy (non-hydrogen) atoms. The summed E-state index contributed by atoms with van der Waals surface area (Å²) in [6, 6.07) is 0. The second-order valence-electron chi connectivity index (χ2n) is 5.77. The molecule has 2 aliphatic rings. The summed E-state index contributed by atoms with van der Waals surface area (Å²) in [6.07, 6.45) is 1.85. The molecule has 0 aromatic heterocycles. The minimum absolute atomic E-state index is 0.0650. The second kappa shape index (κ2) is 6.96. The highest BCUT2D eigenvalue weighted by Crippen LogP contribution is 2.32. The van der Waals surface area contributed by atoms with Crippen LogP contribution in [-0.4, -0.2) is 74.0 Å². The number of rotatable bonds is 5. The lowest BCUT2D eigenvalue weighted by Gasteiger charge is -2.43. The maximum atomic E-state index is 12.3. The molecule has 0 aliphatic carbocycles. The highest BCUT2D eigenvalue weighted by molar-refractivity contribution is 8.01. The lowest BCUT2D eigenvalue weighted by Crippen LogP contribution is -2.54. The molecule has 118 valence electrons. The first-order valence-corrected chi connectivity index (χ1v) is 10.1. The van der Waals surface area contributed by atoms with Crippen molar-refractivity contribution in [1.29, 1.82) is 0 Å². The molecule has 0 bridgehead atoms. The fraction of sp³-hybridized carbons (Fsp3) is 1.00. The van der Waals surface area contributed by atoms with Gasteiger partial charge < -0.3 is 9.84 Å². The smallest absolute Gasteiger partial charge is 0.166 e. The van der Waals surface area contributed by atoms with E-state index in [2.05, 4.69) is 4.90 Å². The molecule has 0 aromatic rings. The van der Waals surface area contributed by atoms with E-state index >= 15 is 0 Å². The van der Waals surface area contributed by atoms with Gasteiger partial charge in [-0.3, -0.25) is 4.90 Å². The van der Waals surface area contributed by atoms with Crippen molar-refractivity contribution in [2.45, 2.75) is 25.1 Å². The van der Waals surface area contributed by atoms with Crippen LogP contribution in [0.3, 0.4) is 0 Å². The third-order valence-electron chi connectivity index (χ3n) is 4.29. The number of thioether (sulfide) groups is 1. The van der Waals surface area contributed by atoms with E-state index in [1.165, 1.54) is 0 Å². The van der Waals surface area contributed by atoms with Crippen molar-refractivity contribution < 1.29 is 18.3 Å². The Kier molecular flexibility index (Phi) is 5.76. The van der Waals surface area contributed by atoms with Crippen LogP contribution in [0.4, 0.5) is 0 Å². The minimum Gasteiger partial charge on any atom is -0.396 e. The molecular formula is C13H25NO4S2. The van der Waals surface area contributed by atoms with Crippen molar-refractivity contribution in [2.24, 2.45) is 5.41 Å². The highest BCUT2D eigenvalue weighted by atomic mass is 32.2. The molecule has 0 aromatic carbocycles. The van der Waals surface area contributed by atoms with Crippen molar-refractivity contribution >= 4 is 21.6 Å². The molecule has 2 unspecified atom stereocenters. The molecular weight excluding hydrogens is 298 g/mol. The Hall–Kier alpha value is 0.180. The van der Waals surface area contributed by atoms with Gasteiger partial charge >= 0.3 is 0 Å². The molecule has 0 saturated carbocycles. The van der Waals surface area contributed by atoms with Crippen LogP contribution in [0.1, 0.15) is 19.8 Å². The molecule has 2 atom stereocenters. The average Bonchev–Trinajstić information content (AvgIpc) is 2.48. The van der Waals surface area contributed by atoms with Crippen LogP contribution in [0.2, 0.25) is 0 Å². The van der Waals surface area contributed by atoms with Crippen LogP contribution in [0.15, 0.2) is 0 Å². The summed E-state index contributed by atoms with van der Waals surface area (Å²) in [5, 5.41) is 9.35. The van der Waals surface area contributed by atoms with Crippen LogP contribution in [0, 0.1) is 5.41 Å². The van der Waals surface area contributed by atoms with Gasteiger partial charge in [-0.25, -0.2) is 8.42 Å². The quantitative estimate of drug-likeness (QED) is 0.798. The molecule has 5 nitrogen and oxygen atoms in total. The molecule has 2 heterocycles. The van der Waals surface area contributed by atoms with Crippen molar-refractivity contribution in [3.63, 3.8) is 0 Å². The van der Waals surface area contributed by atoms with E-state index in [4.69, 9.17) is 4.74 Å². The Morgan fingerprint density at radius 1 is 1.50 bits per heavy atom. The molecule has 2 saturated heterocycles. The summed E-state index contributed by atoms with van der Waals surface area (Å²) < 4.78 is 30.0. The van der Waals surface area contributed by atoms with Gasteiger partial charge in [0.2, 0.25) is 0 Å². The Balaban J connectivity index is 2.11. The first-order valence-electron chi connectivity index (χ1n) is 7.25. The summed E-state index contributed by atoms with van der Waals surface area (Å²) in [4.78, 5) is 2.06. The molecule has 0 radical (unpaired) electrons. The Labute approximate surface area is 126 Å². The van der Waals surface area contributed by atoms with Crippen molar-refractivity contribution in [3.8, 4) is 0 Å². The van der Waals surface area contributed by atoms with Gasteiger partial charge in [0.15, 0.2) is 9.84 Å². The Morgan fingerprint density at radius 2 is 2.30 bits per heavy atom.